The summed E-state index contributed by atoms with van der Waals surface area (Å²) < 4.78 is 26.5. The molecule has 0 radical (unpaired) electrons. The predicted octanol–water partition coefficient (Wildman–Crippen LogP) is 7.19. The zero-order valence-electron chi connectivity index (χ0n) is 49.0. The van der Waals surface area contributed by atoms with Gasteiger partial charge in [-0.3, -0.25) is 19.7 Å². The maximum Gasteiger partial charge on any atom is 0.409 e. The third-order valence-electron chi connectivity index (χ3n) is 17.5. The molecule has 3 aromatic heterocycles. The molecule has 4 saturated carbocycles. The molecule has 6 aliphatic rings. The van der Waals surface area contributed by atoms with Gasteiger partial charge in [0.25, 0.3) is 0 Å². The average molecular weight is 1210 g/mol. The summed E-state index contributed by atoms with van der Waals surface area (Å²) in [5, 5.41) is 62.2. The number of amides is 4. The fourth-order valence-electron chi connectivity index (χ4n) is 14.7. The summed E-state index contributed by atoms with van der Waals surface area (Å²) in [5.41, 5.74) is 10.9. The van der Waals surface area contributed by atoms with E-state index in [-0.39, 0.29) is 72.1 Å². The van der Waals surface area contributed by atoms with Crippen LogP contribution < -0.4 is 30.9 Å². The molecule has 87 heavy (non-hydrogen) atoms. The fraction of sp³-hybridized carbons (Fsp3) is 0.452. The lowest BCUT2D eigenvalue weighted by Crippen LogP contribution is -2.64. The summed E-state index contributed by atoms with van der Waals surface area (Å²) in [7, 11) is 3.61. The summed E-state index contributed by atoms with van der Waals surface area (Å²) in [6.45, 7) is 8.83. The van der Waals surface area contributed by atoms with Crippen molar-refractivity contribution in [2.45, 2.75) is 109 Å². The van der Waals surface area contributed by atoms with E-state index in [2.05, 4.69) is 34.4 Å². The number of carbonyl (C=O) groups excluding carboxylic acids is 3. The minimum absolute atomic E-state index is 0.000238. The molecule has 2 unspecified atom stereocenters. The summed E-state index contributed by atoms with van der Waals surface area (Å²) >= 11 is 1.40. The van der Waals surface area contributed by atoms with Gasteiger partial charge in [0.1, 0.15) is 30.7 Å². The van der Waals surface area contributed by atoms with Gasteiger partial charge in [-0.05, 0) is 122 Å². The quantitative estimate of drug-likeness (QED) is 0.0397. The first-order valence-electron chi connectivity index (χ1n) is 28.9. The molecule has 7 atom stereocenters. The van der Waals surface area contributed by atoms with Gasteiger partial charge >= 0.3 is 24.1 Å². The number of aliphatic hydroxyl groups is 3. The van der Waals surface area contributed by atoms with E-state index in [1.165, 1.54) is 28.4 Å². The van der Waals surface area contributed by atoms with E-state index >= 15 is 0 Å². The monoisotopic (exact) mass is 1210 g/mol. The van der Waals surface area contributed by atoms with Gasteiger partial charge in [0.05, 0.1) is 51.4 Å². The van der Waals surface area contributed by atoms with Crippen LogP contribution >= 0.6 is 11.3 Å². The van der Waals surface area contributed by atoms with Gasteiger partial charge in [-0.2, -0.15) is 5.10 Å². The number of pyridine rings is 1. The number of fused-ring (bicyclic) bond motifs is 2. The molecule has 5 fully saturated rings. The molecular formula is C62H72N10O14S. The maximum atomic E-state index is 13.8. The summed E-state index contributed by atoms with van der Waals surface area (Å²) in [5.74, 6) is -3.26. The molecule has 12 rings (SSSR count). The van der Waals surface area contributed by atoms with Gasteiger partial charge in [0, 0.05) is 75.6 Å². The van der Waals surface area contributed by atoms with Crippen LogP contribution in [0.2, 0.25) is 0 Å². The number of nitrogens with two attached hydrogens (primary N) is 1. The first-order chi connectivity index (χ1) is 41.5. The van der Waals surface area contributed by atoms with E-state index in [1.807, 2.05) is 67.2 Å². The van der Waals surface area contributed by atoms with Crippen LogP contribution in [0.1, 0.15) is 80.5 Å². The number of thiazole rings is 1. The van der Waals surface area contributed by atoms with Crippen molar-refractivity contribution in [2.24, 2.45) is 22.0 Å². The van der Waals surface area contributed by atoms with Crippen molar-refractivity contribution in [3.05, 3.63) is 102 Å². The number of aromatic carboxylic acids is 1. The number of anilines is 4. The predicted molar refractivity (Wildman–Crippen MR) is 324 cm³/mol. The molecule has 460 valence electrons. The van der Waals surface area contributed by atoms with Crippen molar-refractivity contribution in [3.8, 4) is 28.1 Å². The van der Waals surface area contributed by atoms with E-state index in [4.69, 9.17) is 34.8 Å². The Morgan fingerprint density at radius 1 is 0.874 bits per heavy atom. The Labute approximate surface area is 505 Å². The van der Waals surface area contributed by atoms with Crippen LogP contribution in [-0.2, 0) is 30.3 Å². The van der Waals surface area contributed by atoms with Crippen LogP contribution in [0.3, 0.4) is 0 Å². The topological polar surface area (TPSA) is 327 Å². The molecule has 4 bridgehead atoms. The second kappa shape index (κ2) is 23.9. The van der Waals surface area contributed by atoms with Crippen LogP contribution in [0.4, 0.5) is 31.8 Å². The van der Waals surface area contributed by atoms with Crippen molar-refractivity contribution in [3.63, 3.8) is 0 Å². The first-order valence-corrected chi connectivity index (χ1v) is 29.8. The summed E-state index contributed by atoms with van der Waals surface area (Å²) in [6, 6.07) is 21.2. The van der Waals surface area contributed by atoms with Crippen molar-refractivity contribution in [1.29, 1.82) is 0 Å². The Morgan fingerprint density at radius 2 is 1.64 bits per heavy atom. The number of carboxylic acids is 2. The number of carbonyl (C=O) groups is 5. The standard InChI is InChI=1S/C62H72N10O14S/c1-35-39(38-14-15-40(66-48(38)53(77)78)37-13-16-43-44(26-37)71(21-20-69(43)4)57(81)68-56-67-41-10-6-7-11-46(41)87-56)27-64-72(35)34-61-29-59(2)28-60(3,30-61)32-62(31-59,33-61)84-24-22-70(5)58(82)83-23-8-9-36-12-17-45(42(25-36)65-47(73)18-19-63)85-55-51(76)49(74)50(75)52(86-55)54(79)80/h6-17,25-27,49-52,55,74-76H,18-24,28-34,63H2,1-5H3,(H,65,73)(H,77,78)(H,79,80)(H,67,68,81)/b9-8+/t49-,50-,51+,52-,55+,59?,60?,61?,62?/m0/s1. The normalized spacial score (nSPS) is 26.4. The third-order valence-corrected chi connectivity index (χ3v) is 18.4. The van der Waals surface area contributed by atoms with Crippen molar-refractivity contribution >= 4 is 79.8 Å². The van der Waals surface area contributed by atoms with Gasteiger partial charge in [-0.15, -0.1) is 0 Å². The van der Waals surface area contributed by atoms with Crippen LogP contribution in [0, 0.1) is 23.2 Å². The van der Waals surface area contributed by atoms with Gasteiger partial charge in [0.15, 0.2) is 16.9 Å². The second-order valence-electron chi connectivity index (χ2n) is 24.7. The maximum absolute atomic E-state index is 13.8. The molecule has 3 aromatic carbocycles. The Kier molecular flexibility index (Phi) is 16.7. The van der Waals surface area contributed by atoms with Gasteiger partial charge in [-0.25, -0.2) is 29.1 Å². The number of urea groups is 1. The molecule has 1 saturated heterocycles. The number of nitrogens with one attached hydrogen (secondary N) is 2. The highest BCUT2D eigenvalue weighted by Crippen LogP contribution is 2.72. The van der Waals surface area contributed by atoms with E-state index in [0.29, 0.717) is 58.4 Å². The van der Waals surface area contributed by atoms with Crippen LogP contribution in [0.15, 0.2) is 85.1 Å². The van der Waals surface area contributed by atoms with E-state index in [0.717, 1.165) is 60.1 Å². The zero-order valence-corrected chi connectivity index (χ0v) is 49.8. The zero-order chi connectivity index (χ0) is 61.7. The Hall–Kier alpha value is -8.04. The lowest BCUT2D eigenvalue weighted by molar-refractivity contribution is -0.271. The van der Waals surface area contributed by atoms with Crippen LogP contribution in [0.5, 0.6) is 5.75 Å². The molecule has 9 N–H and O–H groups in total. The lowest BCUT2D eigenvalue weighted by atomic mass is 9.39. The number of ether oxygens (including phenoxy) is 4. The number of rotatable bonds is 19. The highest BCUT2D eigenvalue weighted by Gasteiger charge is 2.66. The number of carboxylic acid groups (broad SMARTS) is 2. The molecule has 0 spiro atoms. The summed E-state index contributed by atoms with van der Waals surface area (Å²) in [4.78, 5) is 79.1. The number of benzene rings is 3. The van der Waals surface area contributed by atoms with E-state index in [9.17, 15) is 49.5 Å². The Bertz CT molecular complexity index is 3630. The van der Waals surface area contributed by atoms with E-state index < -0.39 is 60.2 Å². The second-order valence-corrected chi connectivity index (χ2v) is 25.7. The minimum atomic E-state index is -1.92. The molecule has 25 heteroatoms. The van der Waals surface area contributed by atoms with Crippen LogP contribution in [0.25, 0.3) is 38.7 Å². The van der Waals surface area contributed by atoms with Gasteiger partial charge in [0.2, 0.25) is 12.2 Å². The SMILES string of the molecule is Cc1c(-c2ccc(-c3ccc4c(c3)N(C(=O)Nc3nc5ccccc5s3)CCN4C)nc2C(=O)O)cnn1CC12CC3(C)CC(C)(C1)CC(OCCN(C)C(=O)OC/C=C/c1ccc(O[C@@H]4O[C@H](C(=O)O)[C@@H](O)[C@H](O)[C@H]4O)c(NC(=O)CCN)c1)(C3)C2. The number of aliphatic hydroxyl groups excluding tert-OH is 3. The lowest BCUT2D eigenvalue weighted by Gasteiger charge is -2.69. The molecule has 6 aromatic rings. The van der Waals surface area contributed by atoms with Crippen molar-refractivity contribution in [2.75, 3.05) is 73.9 Å². The molecule has 4 amide bonds. The third kappa shape index (κ3) is 12.5. The summed E-state index contributed by atoms with van der Waals surface area (Å²) in [6.07, 6.45) is 0.710. The van der Waals surface area contributed by atoms with Gasteiger partial charge < -0.3 is 65.3 Å². The molecule has 2 aliphatic heterocycles. The fourth-order valence-corrected chi connectivity index (χ4v) is 15.6. The van der Waals surface area contributed by atoms with Gasteiger partial charge in [-0.1, -0.05) is 55.5 Å². The number of likely N-dealkylation sites (N-methyl/N-ethyl adjacent to an activating group) is 2. The van der Waals surface area contributed by atoms with Crippen molar-refractivity contribution in [1.82, 2.24) is 24.6 Å². The largest absolute Gasteiger partial charge is 0.479 e. The highest BCUT2D eigenvalue weighted by atomic mass is 32.1. The first kappa shape index (κ1) is 60.6. The molecule has 5 heterocycles. The number of aliphatic carboxylic acids is 1. The Morgan fingerprint density at radius 3 is 2.38 bits per heavy atom. The highest BCUT2D eigenvalue weighted by molar-refractivity contribution is 7.22. The Balaban J connectivity index is 0.725. The number of aromatic nitrogens is 4. The number of hydrogen-bond donors (Lipinski definition) is 8. The minimum Gasteiger partial charge on any atom is -0.479 e. The average Bonchev–Trinajstić information content (AvgIpc) is 1.05. The number of nitrogens with zero attached hydrogens (tertiary/aromatic N) is 7. The number of hydrogen-bond acceptors (Lipinski definition) is 18. The molecular weight excluding hydrogens is 1140 g/mol. The van der Waals surface area contributed by atoms with Crippen molar-refractivity contribution < 1.29 is 68.5 Å². The molecule has 24 nitrogen and oxygen atoms in total. The van der Waals surface area contributed by atoms with E-state index in [1.54, 1.807) is 42.4 Å². The van der Waals surface area contributed by atoms with Crippen LogP contribution in [-0.4, -0.2) is 170 Å². The smallest absolute Gasteiger partial charge is 0.409 e. The number of para-hydroxylation sites is 1. The molecule has 4 aliphatic carbocycles.